The van der Waals surface area contributed by atoms with Gasteiger partial charge in [0.05, 0.1) is 24.7 Å². The second kappa shape index (κ2) is 7.27. The van der Waals surface area contributed by atoms with Gasteiger partial charge < -0.3 is 20.4 Å². The molecular formula is C21H24IN5O. The van der Waals surface area contributed by atoms with Gasteiger partial charge in [-0.15, -0.1) is 24.0 Å². The number of para-hydroxylation sites is 1. The average Bonchev–Trinajstić information content (AvgIpc) is 3.00. The molecule has 2 N–H and O–H groups in total. The summed E-state index contributed by atoms with van der Waals surface area (Å²) in [6, 6.07) is 18.5. The summed E-state index contributed by atoms with van der Waals surface area (Å²) in [6.45, 7) is 2.36. The predicted octanol–water partition coefficient (Wildman–Crippen LogP) is 2.38. The number of amides is 1. The van der Waals surface area contributed by atoms with Crippen molar-refractivity contribution in [2.45, 2.75) is 18.1 Å². The lowest BCUT2D eigenvalue weighted by atomic mass is 9.95. The molecule has 1 atom stereocenters. The Morgan fingerprint density at radius 2 is 1.79 bits per heavy atom. The number of aliphatic imine (C=N–C) groups is 1. The number of halogens is 1. The minimum Gasteiger partial charge on any atom is -0.359 e. The maximum Gasteiger partial charge on any atom is 0.255 e. The molecule has 1 spiro atoms. The highest BCUT2D eigenvalue weighted by molar-refractivity contribution is 14.0. The van der Waals surface area contributed by atoms with Gasteiger partial charge in [0.1, 0.15) is 5.66 Å². The van der Waals surface area contributed by atoms with Crippen LogP contribution in [0.3, 0.4) is 0 Å². The third-order valence-electron chi connectivity index (χ3n) is 5.54. The zero-order valence-corrected chi connectivity index (χ0v) is 18.1. The Morgan fingerprint density at radius 3 is 2.57 bits per heavy atom. The van der Waals surface area contributed by atoms with Crippen LogP contribution in [0, 0.1) is 0 Å². The van der Waals surface area contributed by atoms with Crippen LogP contribution in [0.25, 0.3) is 0 Å². The molecule has 0 radical (unpaired) electrons. The fourth-order valence-corrected chi connectivity index (χ4v) is 4.29. The van der Waals surface area contributed by atoms with Crippen molar-refractivity contribution in [1.82, 2.24) is 15.1 Å². The Kier molecular flexibility index (Phi) is 4.95. The summed E-state index contributed by atoms with van der Waals surface area (Å²) in [5.41, 5.74) is 2.54. The van der Waals surface area contributed by atoms with Gasteiger partial charge in [-0.05, 0) is 24.1 Å². The quantitative estimate of drug-likeness (QED) is 0.637. The van der Waals surface area contributed by atoms with E-state index in [1.165, 1.54) is 5.56 Å². The van der Waals surface area contributed by atoms with Crippen LogP contribution in [0.15, 0.2) is 59.6 Å². The zero-order chi connectivity index (χ0) is 18.4. The lowest BCUT2D eigenvalue weighted by Gasteiger charge is -2.54. The number of nitrogens with zero attached hydrogens (tertiary/aromatic N) is 3. The maximum atomic E-state index is 12.4. The summed E-state index contributed by atoms with van der Waals surface area (Å²) < 4.78 is 0. The number of likely N-dealkylation sites (N-methyl/N-ethyl adjacent to an activating group) is 1. The second-order valence-electron chi connectivity index (χ2n) is 7.72. The number of nitrogens with one attached hydrogen (secondary N) is 2. The van der Waals surface area contributed by atoms with Gasteiger partial charge in [-0.1, -0.05) is 42.5 Å². The largest absolute Gasteiger partial charge is 0.359 e. The standard InChI is InChI=1S/C21H23N5O.HI/c1-25-12-16(11-15-7-3-2-4-8-15)22-20(25)26-13-21(14-26)23-18-10-6-5-9-17(18)19(27)24-21;/h2-10,16,23H,11-14H2,1H3,(H,24,27);1H. The highest BCUT2D eigenvalue weighted by atomic mass is 127. The summed E-state index contributed by atoms with van der Waals surface area (Å²) >= 11 is 0. The van der Waals surface area contributed by atoms with Crippen LogP contribution in [0.5, 0.6) is 0 Å². The summed E-state index contributed by atoms with van der Waals surface area (Å²) in [6.07, 6.45) is 0.954. The molecule has 3 heterocycles. The number of guanidine groups is 1. The molecule has 6 nitrogen and oxygen atoms in total. The van der Waals surface area contributed by atoms with Gasteiger partial charge in [0.2, 0.25) is 0 Å². The number of hydrogen-bond donors (Lipinski definition) is 2. The Hall–Kier alpha value is -2.29. The summed E-state index contributed by atoms with van der Waals surface area (Å²) in [7, 11) is 2.09. The van der Waals surface area contributed by atoms with Crippen molar-refractivity contribution in [3.63, 3.8) is 0 Å². The number of carbonyl (C=O) groups excluding carboxylic acids is 1. The molecular weight excluding hydrogens is 465 g/mol. The van der Waals surface area contributed by atoms with Crippen molar-refractivity contribution in [1.29, 1.82) is 0 Å². The number of likely N-dealkylation sites (tertiary alicyclic amines) is 1. The Labute approximate surface area is 182 Å². The molecule has 1 fully saturated rings. The summed E-state index contributed by atoms with van der Waals surface area (Å²) in [4.78, 5) is 21.9. The number of rotatable bonds is 2. The molecule has 1 amide bonds. The Morgan fingerprint density at radius 1 is 1.07 bits per heavy atom. The maximum absolute atomic E-state index is 12.4. The average molecular weight is 489 g/mol. The minimum absolute atomic E-state index is 0. The van der Waals surface area contributed by atoms with Gasteiger partial charge in [-0.25, -0.2) is 4.99 Å². The first-order chi connectivity index (χ1) is 13.1. The number of carbonyl (C=O) groups is 1. The molecule has 7 heteroatoms. The molecule has 3 aliphatic rings. The van der Waals surface area contributed by atoms with Gasteiger partial charge in [0.15, 0.2) is 5.96 Å². The SMILES string of the molecule is CN1CC(Cc2ccccc2)N=C1N1CC2(C1)NC(=O)c1ccccc1N2.I. The summed E-state index contributed by atoms with van der Waals surface area (Å²) in [5, 5.41) is 6.65. The molecule has 2 aromatic carbocycles. The van der Waals surface area contributed by atoms with Crippen LogP contribution in [-0.4, -0.2) is 60.1 Å². The van der Waals surface area contributed by atoms with Crippen LogP contribution in [0.4, 0.5) is 5.69 Å². The minimum atomic E-state index is -0.397. The van der Waals surface area contributed by atoms with E-state index in [1.54, 1.807) is 0 Å². The van der Waals surface area contributed by atoms with Gasteiger partial charge in [-0.3, -0.25) is 4.79 Å². The van der Waals surface area contributed by atoms with E-state index in [1.807, 2.05) is 30.3 Å². The first-order valence-corrected chi connectivity index (χ1v) is 9.39. The van der Waals surface area contributed by atoms with Crippen LogP contribution >= 0.6 is 24.0 Å². The van der Waals surface area contributed by atoms with Crippen LogP contribution in [0.2, 0.25) is 0 Å². The Balaban J connectivity index is 0.00000192. The summed E-state index contributed by atoms with van der Waals surface area (Å²) in [5.74, 6) is 1.02. The van der Waals surface area contributed by atoms with Crippen molar-refractivity contribution >= 4 is 41.5 Å². The third-order valence-corrected chi connectivity index (χ3v) is 5.54. The zero-order valence-electron chi connectivity index (χ0n) is 15.8. The first kappa shape index (κ1) is 19.0. The fourth-order valence-electron chi connectivity index (χ4n) is 4.29. The molecule has 0 aromatic heterocycles. The lowest BCUT2D eigenvalue weighted by Crippen LogP contribution is -2.77. The van der Waals surface area contributed by atoms with E-state index < -0.39 is 5.66 Å². The number of hydrogen-bond acceptors (Lipinski definition) is 5. The molecule has 1 unspecified atom stereocenters. The topological polar surface area (TPSA) is 60.0 Å². The third kappa shape index (κ3) is 3.32. The van der Waals surface area contributed by atoms with Gasteiger partial charge in [0, 0.05) is 19.3 Å². The van der Waals surface area contributed by atoms with Gasteiger partial charge in [0.25, 0.3) is 5.91 Å². The highest BCUT2D eigenvalue weighted by Gasteiger charge is 2.49. The van der Waals surface area contributed by atoms with E-state index in [2.05, 4.69) is 51.7 Å². The van der Waals surface area contributed by atoms with Crippen molar-refractivity contribution in [2.24, 2.45) is 4.99 Å². The van der Waals surface area contributed by atoms with Crippen molar-refractivity contribution in [2.75, 3.05) is 32.0 Å². The molecule has 1 saturated heterocycles. The van der Waals surface area contributed by atoms with Crippen molar-refractivity contribution in [3.8, 4) is 0 Å². The van der Waals surface area contributed by atoms with Crippen LogP contribution in [0.1, 0.15) is 15.9 Å². The molecule has 28 heavy (non-hydrogen) atoms. The predicted molar refractivity (Wildman–Crippen MR) is 121 cm³/mol. The molecule has 0 saturated carbocycles. The highest BCUT2D eigenvalue weighted by Crippen LogP contribution is 2.32. The molecule has 146 valence electrons. The molecule has 2 aromatic rings. The van der Waals surface area contributed by atoms with E-state index >= 15 is 0 Å². The van der Waals surface area contributed by atoms with E-state index in [0.717, 1.165) is 24.6 Å². The van der Waals surface area contributed by atoms with Crippen LogP contribution < -0.4 is 10.6 Å². The van der Waals surface area contributed by atoms with Crippen molar-refractivity contribution < 1.29 is 4.79 Å². The molecule has 0 aliphatic carbocycles. The van der Waals surface area contributed by atoms with Gasteiger partial charge in [-0.2, -0.15) is 0 Å². The molecule has 0 bridgehead atoms. The molecule has 5 rings (SSSR count). The van der Waals surface area contributed by atoms with E-state index in [4.69, 9.17) is 4.99 Å². The fraction of sp³-hybridized carbons (Fsp3) is 0.333. The second-order valence-corrected chi connectivity index (χ2v) is 7.72. The molecule has 3 aliphatic heterocycles. The van der Waals surface area contributed by atoms with E-state index in [9.17, 15) is 4.79 Å². The van der Waals surface area contributed by atoms with Crippen LogP contribution in [-0.2, 0) is 6.42 Å². The monoisotopic (exact) mass is 489 g/mol. The number of anilines is 1. The van der Waals surface area contributed by atoms with E-state index in [-0.39, 0.29) is 35.9 Å². The smallest absolute Gasteiger partial charge is 0.255 e. The lowest BCUT2D eigenvalue weighted by molar-refractivity contribution is 0.0727. The van der Waals surface area contributed by atoms with E-state index in [0.29, 0.717) is 18.7 Å². The number of fused-ring (bicyclic) bond motifs is 1. The van der Waals surface area contributed by atoms with Crippen molar-refractivity contribution in [3.05, 3.63) is 65.7 Å². The Bertz CT molecular complexity index is 910. The normalized spacial score (nSPS) is 21.8. The number of benzene rings is 2. The first-order valence-electron chi connectivity index (χ1n) is 9.39. The van der Waals surface area contributed by atoms with Gasteiger partial charge >= 0.3 is 0 Å².